The first-order valence-corrected chi connectivity index (χ1v) is 5.12. The van der Waals surface area contributed by atoms with Gasteiger partial charge in [-0.05, 0) is 19.1 Å². The minimum Gasteiger partial charge on any atom is -0.337 e. The zero-order valence-corrected chi connectivity index (χ0v) is 9.54. The molecule has 94 valence electrons. The first-order chi connectivity index (χ1) is 8.60. The lowest BCUT2D eigenvalue weighted by molar-refractivity contribution is 0.603. The summed E-state index contributed by atoms with van der Waals surface area (Å²) in [7, 11) is 0. The summed E-state index contributed by atoms with van der Waals surface area (Å²) in [5, 5.41) is 2.69. The summed E-state index contributed by atoms with van der Waals surface area (Å²) in [6.45, 7) is 1.74. The van der Waals surface area contributed by atoms with Crippen LogP contribution in [0.25, 0.3) is 0 Å². The zero-order valence-electron chi connectivity index (χ0n) is 9.54. The molecular weight excluding hydrogens is 240 g/mol. The summed E-state index contributed by atoms with van der Waals surface area (Å²) in [6.07, 6.45) is 1.52. The van der Waals surface area contributed by atoms with Gasteiger partial charge in [0, 0.05) is 17.8 Å². The molecule has 0 saturated carbocycles. The quantitative estimate of drug-likeness (QED) is 0.575. The van der Waals surface area contributed by atoms with Crippen molar-refractivity contribution in [1.29, 1.82) is 0 Å². The van der Waals surface area contributed by atoms with E-state index in [1.54, 1.807) is 6.92 Å². The van der Waals surface area contributed by atoms with Gasteiger partial charge in [0.15, 0.2) is 0 Å². The summed E-state index contributed by atoms with van der Waals surface area (Å²) in [5.41, 5.74) is 2.95. The molecule has 0 aliphatic rings. The van der Waals surface area contributed by atoms with Crippen molar-refractivity contribution in [3.05, 3.63) is 41.6 Å². The maximum atomic E-state index is 13.5. The van der Waals surface area contributed by atoms with E-state index in [-0.39, 0.29) is 11.6 Å². The molecule has 2 aromatic rings. The number of nitrogens with two attached hydrogens (primary N) is 1. The van der Waals surface area contributed by atoms with E-state index >= 15 is 0 Å². The Morgan fingerprint density at radius 1 is 1.28 bits per heavy atom. The molecule has 5 nitrogen and oxygen atoms in total. The van der Waals surface area contributed by atoms with E-state index in [0.717, 1.165) is 18.2 Å². The fraction of sp³-hybridized carbons (Fsp3) is 0.0909. The molecule has 0 atom stereocenters. The number of nitrogens with zero attached hydrogens (tertiary/aromatic N) is 2. The lowest BCUT2D eigenvalue weighted by atomic mass is 10.2. The predicted molar refractivity (Wildman–Crippen MR) is 64.2 cm³/mol. The smallest absolute Gasteiger partial charge is 0.239 e. The summed E-state index contributed by atoms with van der Waals surface area (Å²) in [5.74, 6) is 4.60. The summed E-state index contributed by atoms with van der Waals surface area (Å²) < 4.78 is 26.5. The highest BCUT2D eigenvalue weighted by Gasteiger charge is 2.08. The molecule has 1 heterocycles. The van der Waals surface area contributed by atoms with Gasteiger partial charge in [-0.15, -0.1) is 0 Å². The van der Waals surface area contributed by atoms with Crippen molar-refractivity contribution in [3.63, 3.8) is 0 Å². The molecule has 18 heavy (non-hydrogen) atoms. The van der Waals surface area contributed by atoms with Gasteiger partial charge in [-0.1, -0.05) is 0 Å². The van der Waals surface area contributed by atoms with Crippen LogP contribution >= 0.6 is 0 Å². The monoisotopic (exact) mass is 251 g/mol. The zero-order chi connectivity index (χ0) is 13.1. The third kappa shape index (κ3) is 2.51. The topological polar surface area (TPSA) is 75.9 Å². The second-order valence-corrected chi connectivity index (χ2v) is 3.62. The van der Waals surface area contributed by atoms with Crippen LogP contribution in [0.5, 0.6) is 0 Å². The molecule has 0 fully saturated rings. The Morgan fingerprint density at radius 2 is 2.06 bits per heavy atom. The van der Waals surface area contributed by atoms with Gasteiger partial charge in [-0.25, -0.2) is 19.6 Å². The molecule has 0 bridgehead atoms. The number of hydrazine groups is 1. The highest BCUT2D eigenvalue weighted by molar-refractivity contribution is 5.60. The highest BCUT2D eigenvalue weighted by atomic mass is 19.1. The summed E-state index contributed by atoms with van der Waals surface area (Å²) in [4.78, 5) is 7.89. The average molecular weight is 251 g/mol. The maximum absolute atomic E-state index is 13.5. The summed E-state index contributed by atoms with van der Waals surface area (Å²) >= 11 is 0. The largest absolute Gasteiger partial charge is 0.337 e. The lowest BCUT2D eigenvalue weighted by Crippen LogP contribution is -2.12. The first kappa shape index (κ1) is 12.2. The molecule has 0 saturated heterocycles. The molecule has 0 amide bonds. The number of halogens is 2. The number of hydrogen-bond donors (Lipinski definition) is 3. The molecule has 0 aliphatic heterocycles. The molecule has 2 rings (SSSR count). The molecule has 4 N–H and O–H groups in total. The molecule has 0 unspecified atom stereocenters. The van der Waals surface area contributed by atoms with Crippen LogP contribution in [-0.2, 0) is 0 Å². The van der Waals surface area contributed by atoms with Crippen LogP contribution in [0.1, 0.15) is 5.56 Å². The van der Waals surface area contributed by atoms with Crippen molar-refractivity contribution in [2.45, 2.75) is 6.92 Å². The van der Waals surface area contributed by atoms with Gasteiger partial charge >= 0.3 is 0 Å². The van der Waals surface area contributed by atoms with E-state index < -0.39 is 11.6 Å². The highest BCUT2D eigenvalue weighted by Crippen LogP contribution is 2.22. The van der Waals surface area contributed by atoms with E-state index in [1.807, 2.05) is 0 Å². The van der Waals surface area contributed by atoms with Crippen LogP contribution in [0.3, 0.4) is 0 Å². The number of nitrogen functional groups attached to an aromatic ring is 1. The number of nitrogens with one attached hydrogen (secondary N) is 2. The predicted octanol–water partition coefficient (Wildman–Crippen LogP) is 2.09. The Bertz CT molecular complexity index is 573. The van der Waals surface area contributed by atoms with Crippen molar-refractivity contribution in [3.8, 4) is 0 Å². The minimum absolute atomic E-state index is 0.000212. The van der Waals surface area contributed by atoms with Gasteiger partial charge in [0.2, 0.25) is 5.95 Å². The van der Waals surface area contributed by atoms with Crippen molar-refractivity contribution < 1.29 is 8.78 Å². The number of hydrogen-bond acceptors (Lipinski definition) is 5. The van der Waals surface area contributed by atoms with E-state index in [4.69, 9.17) is 5.84 Å². The second-order valence-electron chi connectivity index (χ2n) is 3.62. The van der Waals surface area contributed by atoms with Crippen LogP contribution in [-0.4, -0.2) is 9.97 Å². The van der Waals surface area contributed by atoms with Gasteiger partial charge in [-0.3, -0.25) is 5.43 Å². The van der Waals surface area contributed by atoms with Gasteiger partial charge in [0.25, 0.3) is 0 Å². The molecule has 0 aliphatic carbocycles. The minimum atomic E-state index is -0.573. The normalized spacial score (nSPS) is 10.2. The molecule has 0 spiro atoms. The van der Waals surface area contributed by atoms with Crippen LogP contribution in [0, 0.1) is 18.6 Å². The van der Waals surface area contributed by atoms with Gasteiger partial charge < -0.3 is 5.32 Å². The van der Waals surface area contributed by atoms with Crippen molar-refractivity contribution in [2.75, 3.05) is 10.7 Å². The third-order valence-electron chi connectivity index (χ3n) is 2.28. The molecule has 1 aromatic carbocycles. The van der Waals surface area contributed by atoms with Crippen LogP contribution in [0.15, 0.2) is 24.4 Å². The maximum Gasteiger partial charge on any atom is 0.239 e. The van der Waals surface area contributed by atoms with Gasteiger partial charge in [0.1, 0.15) is 17.5 Å². The fourth-order valence-corrected chi connectivity index (χ4v) is 1.36. The Balaban J connectivity index is 2.36. The molecule has 7 heteroatoms. The third-order valence-corrected chi connectivity index (χ3v) is 2.28. The fourth-order valence-electron chi connectivity index (χ4n) is 1.36. The standard InChI is InChI=1S/C11H11F2N5/c1-6-5-15-11(18-14)17-10(6)16-9-4-7(12)2-3-8(9)13/h2-5H,14H2,1H3,(H2,15,16,17,18). The van der Waals surface area contributed by atoms with Crippen LogP contribution in [0.2, 0.25) is 0 Å². The van der Waals surface area contributed by atoms with E-state index in [2.05, 4.69) is 20.7 Å². The lowest BCUT2D eigenvalue weighted by Gasteiger charge is -2.10. The number of benzene rings is 1. The van der Waals surface area contributed by atoms with Crippen LogP contribution in [0.4, 0.5) is 26.2 Å². The SMILES string of the molecule is Cc1cnc(NN)nc1Nc1cc(F)ccc1F. The Hall–Kier alpha value is -2.28. The second kappa shape index (κ2) is 4.92. The van der Waals surface area contributed by atoms with Gasteiger partial charge in [-0.2, -0.15) is 4.98 Å². The Labute approximate surface area is 102 Å². The molecular formula is C11H11F2N5. The van der Waals surface area contributed by atoms with Crippen molar-refractivity contribution in [1.82, 2.24) is 9.97 Å². The van der Waals surface area contributed by atoms with E-state index in [9.17, 15) is 8.78 Å². The molecule has 0 radical (unpaired) electrons. The number of rotatable bonds is 3. The number of aromatic nitrogens is 2. The average Bonchev–Trinajstić information content (AvgIpc) is 2.36. The first-order valence-electron chi connectivity index (χ1n) is 5.12. The van der Waals surface area contributed by atoms with Crippen molar-refractivity contribution >= 4 is 17.5 Å². The number of aryl methyl sites for hydroxylation is 1. The number of anilines is 3. The van der Waals surface area contributed by atoms with Gasteiger partial charge in [0.05, 0.1) is 5.69 Å². The van der Waals surface area contributed by atoms with Crippen molar-refractivity contribution in [2.24, 2.45) is 5.84 Å². The Kier molecular flexibility index (Phi) is 3.33. The van der Waals surface area contributed by atoms with E-state index in [0.29, 0.717) is 11.4 Å². The molecule has 1 aromatic heterocycles. The van der Waals surface area contributed by atoms with Crippen LogP contribution < -0.4 is 16.6 Å². The van der Waals surface area contributed by atoms with E-state index in [1.165, 1.54) is 6.20 Å². The Morgan fingerprint density at radius 3 is 2.78 bits per heavy atom. The summed E-state index contributed by atoms with van der Waals surface area (Å²) in [6, 6.07) is 3.13.